The minimum absolute atomic E-state index is 0.0542. The van der Waals surface area contributed by atoms with Crippen molar-refractivity contribution in [1.29, 1.82) is 0 Å². The number of likely N-dealkylation sites (N-methyl/N-ethyl adjacent to an activating group) is 1. The summed E-state index contributed by atoms with van der Waals surface area (Å²) >= 11 is 0. The van der Waals surface area contributed by atoms with Crippen LogP contribution in [0.4, 0.5) is 0 Å². The summed E-state index contributed by atoms with van der Waals surface area (Å²) < 4.78 is 17.3. The Kier molecular flexibility index (Phi) is 36.2. The molecule has 0 spiro atoms. The normalized spacial score (nSPS) is 13.1. The van der Waals surface area contributed by atoms with Crippen LogP contribution in [0.15, 0.2) is 24.3 Å². The first-order valence-electron chi connectivity index (χ1n) is 22.4. The third-order valence-corrected chi connectivity index (χ3v) is 10.1. The van der Waals surface area contributed by atoms with Crippen LogP contribution in [0.1, 0.15) is 200 Å². The van der Waals surface area contributed by atoms with Crippen molar-refractivity contribution < 1.29 is 38.2 Å². The van der Waals surface area contributed by atoms with E-state index in [2.05, 4.69) is 38.2 Å². The van der Waals surface area contributed by atoms with Gasteiger partial charge in [0.15, 0.2) is 12.1 Å². The summed E-state index contributed by atoms with van der Waals surface area (Å²) in [5.41, 5.74) is 0. The Balaban J connectivity index is 4.38. The fourth-order valence-electron chi connectivity index (χ4n) is 6.61. The van der Waals surface area contributed by atoms with Crippen LogP contribution in [-0.4, -0.2) is 80.6 Å². The van der Waals surface area contributed by atoms with E-state index < -0.39 is 18.1 Å². The Bertz CT molecular complexity index is 942. The smallest absolute Gasteiger partial charge is 0.362 e. The number of nitrogens with zero attached hydrogens (tertiary/aromatic N) is 1. The minimum atomic E-state index is -0.878. The molecule has 0 amide bonds. The molecule has 8 nitrogen and oxygen atoms in total. The van der Waals surface area contributed by atoms with Crippen LogP contribution in [0.5, 0.6) is 0 Å². The van der Waals surface area contributed by atoms with Gasteiger partial charge in [0.1, 0.15) is 6.61 Å². The molecule has 2 unspecified atom stereocenters. The number of carbonyl (C=O) groups is 3. The fourth-order valence-corrected chi connectivity index (χ4v) is 6.61. The Morgan fingerprint density at radius 1 is 0.556 bits per heavy atom. The van der Waals surface area contributed by atoms with Gasteiger partial charge in [-0.1, -0.05) is 167 Å². The van der Waals surface area contributed by atoms with Crippen molar-refractivity contribution in [2.45, 2.75) is 212 Å². The van der Waals surface area contributed by atoms with Crippen molar-refractivity contribution >= 4 is 17.9 Å². The van der Waals surface area contributed by atoms with Crippen LogP contribution >= 0.6 is 0 Å². The molecule has 316 valence electrons. The van der Waals surface area contributed by atoms with E-state index in [1.807, 2.05) is 21.1 Å². The van der Waals surface area contributed by atoms with E-state index >= 15 is 0 Å². The standard InChI is InChI=1S/C46H85NO7/c1-6-8-10-12-14-16-18-20-22-23-25-27-29-31-33-35-37-45(49)54-42(40-52-39-38-43(46(50)51)47(3,4)5)41-53-44(48)36-34-32-30-28-26-24-21-19-17-15-13-11-9-7-2/h22-23,25,27,42-43H,6-21,24,26,28-41H2,1-5H3/p+1/b23-22+,27-25+. The Morgan fingerprint density at radius 2 is 0.963 bits per heavy atom. The van der Waals surface area contributed by atoms with Crippen molar-refractivity contribution in [2.75, 3.05) is 41.0 Å². The van der Waals surface area contributed by atoms with E-state index in [9.17, 15) is 19.5 Å². The van der Waals surface area contributed by atoms with Gasteiger partial charge in [-0.25, -0.2) is 4.79 Å². The third-order valence-electron chi connectivity index (χ3n) is 10.1. The van der Waals surface area contributed by atoms with Crippen molar-refractivity contribution in [3.8, 4) is 0 Å². The zero-order valence-electron chi connectivity index (χ0n) is 35.9. The summed E-state index contributed by atoms with van der Waals surface area (Å²) in [7, 11) is 5.52. The van der Waals surface area contributed by atoms with Crippen molar-refractivity contribution in [3.05, 3.63) is 24.3 Å². The Morgan fingerprint density at radius 3 is 1.41 bits per heavy atom. The average molecular weight is 765 g/mol. The lowest BCUT2D eigenvalue weighted by Crippen LogP contribution is -2.50. The number of quaternary nitrogens is 1. The van der Waals surface area contributed by atoms with E-state index in [0.29, 0.717) is 19.3 Å². The first kappa shape index (κ1) is 51.8. The van der Waals surface area contributed by atoms with E-state index in [4.69, 9.17) is 14.2 Å². The summed E-state index contributed by atoms with van der Waals surface area (Å²) in [5.74, 6) is -1.49. The van der Waals surface area contributed by atoms with Crippen molar-refractivity contribution in [1.82, 2.24) is 0 Å². The summed E-state index contributed by atoms with van der Waals surface area (Å²) in [6, 6.07) is -0.616. The molecule has 0 saturated heterocycles. The number of ether oxygens (including phenoxy) is 3. The number of carbonyl (C=O) groups excluding carboxylic acids is 2. The number of hydrogen-bond donors (Lipinski definition) is 1. The van der Waals surface area contributed by atoms with Crippen LogP contribution in [0.25, 0.3) is 0 Å². The monoisotopic (exact) mass is 765 g/mol. The molecule has 0 rings (SSSR count). The number of rotatable bonds is 40. The maximum Gasteiger partial charge on any atom is 0.362 e. The fraction of sp³-hybridized carbons (Fsp3) is 0.848. The van der Waals surface area contributed by atoms with Crippen LogP contribution in [0.3, 0.4) is 0 Å². The predicted octanol–water partition coefficient (Wildman–Crippen LogP) is 12.1. The van der Waals surface area contributed by atoms with Crippen LogP contribution in [0, 0.1) is 0 Å². The first-order valence-corrected chi connectivity index (χ1v) is 22.4. The van der Waals surface area contributed by atoms with Gasteiger partial charge in [0.05, 0.1) is 34.4 Å². The van der Waals surface area contributed by atoms with Gasteiger partial charge >= 0.3 is 17.9 Å². The van der Waals surface area contributed by atoms with Gasteiger partial charge in [-0.3, -0.25) is 9.59 Å². The van der Waals surface area contributed by atoms with E-state index in [1.165, 1.54) is 116 Å². The van der Waals surface area contributed by atoms with Crippen molar-refractivity contribution in [2.24, 2.45) is 0 Å². The molecular formula is C46H86NO7+. The highest BCUT2D eigenvalue weighted by Crippen LogP contribution is 2.15. The second-order valence-electron chi connectivity index (χ2n) is 16.3. The number of carboxylic acid groups (broad SMARTS) is 1. The molecule has 0 fully saturated rings. The molecule has 0 aliphatic rings. The van der Waals surface area contributed by atoms with Gasteiger partial charge in [0.25, 0.3) is 0 Å². The molecule has 0 saturated carbocycles. The number of unbranched alkanes of at least 4 members (excludes halogenated alkanes) is 23. The number of aliphatic carboxylic acids is 1. The predicted molar refractivity (Wildman–Crippen MR) is 225 cm³/mol. The van der Waals surface area contributed by atoms with Crippen LogP contribution in [-0.2, 0) is 28.6 Å². The van der Waals surface area contributed by atoms with Crippen LogP contribution < -0.4 is 0 Å². The molecule has 0 aliphatic heterocycles. The molecule has 0 radical (unpaired) electrons. The Labute approximate surface area is 332 Å². The minimum Gasteiger partial charge on any atom is -0.477 e. The lowest BCUT2D eigenvalue weighted by atomic mass is 10.0. The van der Waals surface area contributed by atoms with Gasteiger partial charge in [-0.2, -0.15) is 0 Å². The Hall–Kier alpha value is -2.19. The highest BCUT2D eigenvalue weighted by Gasteiger charge is 2.31. The molecule has 0 bridgehead atoms. The zero-order valence-corrected chi connectivity index (χ0v) is 35.9. The van der Waals surface area contributed by atoms with Gasteiger partial charge in [0, 0.05) is 19.3 Å². The van der Waals surface area contributed by atoms with E-state index in [-0.39, 0.29) is 36.2 Å². The SMILES string of the molecule is CCCCCCCCC/C=C/C=C/CCCCCC(=O)OC(COCCC(C(=O)O)[N+](C)(C)C)COC(=O)CCCCCCCCCCCCCCCC. The quantitative estimate of drug-likeness (QED) is 0.0287. The molecule has 1 N–H and O–H groups in total. The van der Waals surface area contributed by atoms with E-state index in [1.54, 1.807) is 0 Å². The second-order valence-corrected chi connectivity index (χ2v) is 16.3. The number of esters is 2. The maximum absolute atomic E-state index is 12.7. The summed E-state index contributed by atoms with van der Waals surface area (Å²) in [6.07, 6.45) is 40.7. The van der Waals surface area contributed by atoms with Crippen molar-refractivity contribution in [3.63, 3.8) is 0 Å². The first-order chi connectivity index (χ1) is 26.1. The van der Waals surface area contributed by atoms with Gasteiger partial charge in [-0.05, 0) is 38.5 Å². The lowest BCUT2D eigenvalue weighted by molar-refractivity contribution is -0.887. The highest BCUT2D eigenvalue weighted by molar-refractivity contribution is 5.72. The molecular weight excluding hydrogens is 679 g/mol. The largest absolute Gasteiger partial charge is 0.477 e. The van der Waals surface area contributed by atoms with Gasteiger partial charge in [0.2, 0.25) is 0 Å². The zero-order chi connectivity index (χ0) is 40.0. The third kappa shape index (κ3) is 35.5. The number of carboxylic acids is 1. The van der Waals surface area contributed by atoms with Gasteiger partial charge < -0.3 is 23.8 Å². The topological polar surface area (TPSA) is 99.1 Å². The summed E-state index contributed by atoms with van der Waals surface area (Å²) in [6.45, 7) is 4.72. The molecule has 0 aromatic rings. The summed E-state index contributed by atoms with van der Waals surface area (Å²) in [5, 5.41) is 9.61. The molecule has 0 aliphatic carbocycles. The summed E-state index contributed by atoms with van der Waals surface area (Å²) in [4.78, 5) is 36.9. The maximum atomic E-state index is 12.7. The van der Waals surface area contributed by atoms with Crippen LogP contribution in [0.2, 0.25) is 0 Å². The average Bonchev–Trinajstić information content (AvgIpc) is 3.12. The second kappa shape index (κ2) is 37.7. The molecule has 8 heteroatoms. The lowest BCUT2D eigenvalue weighted by Gasteiger charge is -2.31. The van der Waals surface area contributed by atoms with E-state index in [0.717, 1.165) is 51.4 Å². The number of hydrogen-bond acceptors (Lipinski definition) is 6. The molecule has 54 heavy (non-hydrogen) atoms. The molecule has 0 aromatic heterocycles. The number of allylic oxidation sites excluding steroid dienone is 4. The highest BCUT2D eigenvalue weighted by atomic mass is 16.6. The molecule has 2 atom stereocenters. The van der Waals surface area contributed by atoms with Gasteiger partial charge in [-0.15, -0.1) is 0 Å². The molecule has 0 aromatic carbocycles. The molecule has 0 heterocycles.